The highest BCUT2D eigenvalue weighted by molar-refractivity contribution is 6.30. The van der Waals surface area contributed by atoms with Gasteiger partial charge in [0, 0.05) is 14.1 Å². The largest absolute Gasteiger partial charge is 0.478 e. The van der Waals surface area contributed by atoms with Crippen molar-refractivity contribution in [1.29, 1.82) is 0 Å². The van der Waals surface area contributed by atoms with Crippen molar-refractivity contribution in [3.8, 4) is 0 Å². The molecular weight excluding hydrogens is 232 g/mol. The highest BCUT2D eigenvalue weighted by Gasteiger charge is 2.14. The lowest BCUT2D eigenvalue weighted by Crippen LogP contribution is -2.13. The zero-order valence-corrected chi connectivity index (χ0v) is 9.43. The van der Waals surface area contributed by atoms with Gasteiger partial charge in [-0.15, -0.1) is 10.2 Å². The van der Waals surface area contributed by atoms with E-state index < -0.39 is 5.97 Å². The van der Waals surface area contributed by atoms with Crippen molar-refractivity contribution in [3.63, 3.8) is 0 Å². The summed E-state index contributed by atoms with van der Waals surface area (Å²) >= 11 is 5.99. The maximum absolute atomic E-state index is 10.8. The second-order valence-electron chi connectivity index (χ2n) is 3.46. The number of carboxylic acid groups (broad SMARTS) is 1. The fourth-order valence-electron chi connectivity index (χ4n) is 1.37. The zero-order chi connectivity index (χ0) is 11.9. The van der Waals surface area contributed by atoms with Gasteiger partial charge in [-0.3, -0.25) is 4.40 Å². The SMILES string of the molecule is CN(C)c1nnc2cc(C(=O)O)cc(Cl)n12. The summed E-state index contributed by atoms with van der Waals surface area (Å²) in [5.41, 5.74) is 0.504. The van der Waals surface area contributed by atoms with E-state index in [1.54, 1.807) is 23.4 Å². The number of pyridine rings is 1. The lowest BCUT2D eigenvalue weighted by Gasteiger charge is -2.10. The smallest absolute Gasteiger partial charge is 0.335 e. The van der Waals surface area contributed by atoms with Crippen LogP contribution in [-0.2, 0) is 0 Å². The van der Waals surface area contributed by atoms with Gasteiger partial charge < -0.3 is 10.0 Å². The first-order valence-corrected chi connectivity index (χ1v) is 4.84. The quantitative estimate of drug-likeness (QED) is 0.798. The summed E-state index contributed by atoms with van der Waals surface area (Å²) in [6.45, 7) is 0. The molecule has 6 nitrogen and oxygen atoms in total. The Labute approximate surface area is 96.1 Å². The molecule has 1 N–H and O–H groups in total. The standard InChI is InChI=1S/C9H9ClN4O2/c1-13(2)9-12-11-7-4-5(8(15)16)3-6(10)14(7)9/h3-4H,1-2H3,(H,15,16). The average molecular weight is 241 g/mol. The number of halogens is 1. The molecule has 16 heavy (non-hydrogen) atoms. The molecule has 0 aliphatic heterocycles. The van der Waals surface area contributed by atoms with E-state index in [1.165, 1.54) is 12.1 Å². The maximum Gasteiger partial charge on any atom is 0.335 e. The molecule has 0 atom stereocenters. The van der Waals surface area contributed by atoms with Crippen LogP contribution in [0.5, 0.6) is 0 Å². The molecule has 0 amide bonds. The number of fused-ring (bicyclic) bond motifs is 1. The second kappa shape index (κ2) is 3.64. The predicted octanol–water partition coefficient (Wildman–Crippen LogP) is 1.15. The van der Waals surface area contributed by atoms with Gasteiger partial charge in [0.05, 0.1) is 5.56 Å². The third kappa shape index (κ3) is 1.57. The molecule has 0 saturated carbocycles. The highest BCUT2D eigenvalue weighted by Crippen LogP contribution is 2.20. The molecule has 0 bridgehead atoms. The highest BCUT2D eigenvalue weighted by atomic mass is 35.5. The van der Waals surface area contributed by atoms with Gasteiger partial charge in [-0.2, -0.15) is 0 Å². The summed E-state index contributed by atoms with van der Waals surface area (Å²) in [6.07, 6.45) is 0. The zero-order valence-electron chi connectivity index (χ0n) is 8.68. The maximum atomic E-state index is 10.8. The van der Waals surface area contributed by atoms with Crippen LogP contribution in [0.2, 0.25) is 5.15 Å². The van der Waals surface area contributed by atoms with E-state index in [9.17, 15) is 4.79 Å². The Hall–Kier alpha value is -1.82. The molecule has 0 aliphatic carbocycles. The minimum Gasteiger partial charge on any atom is -0.478 e. The molecule has 0 fully saturated rings. The van der Waals surface area contributed by atoms with E-state index in [2.05, 4.69) is 10.2 Å². The molecule has 2 rings (SSSR count). The summed E-state index contributed by atoms with van der Waals surface area (Å²) < 4.78 is 1.58. The number of aromatic nitrogens is 3. The van der Waals surface area contributed by atoms with Crippen LogP contribution in [0, 0.1) is 0 Å². The van der Waals surface area contributed by atoms with Crippen molar-refractivity contribution in [2.45, 2.75) is 0 Å². The van der Waals surface area contributed by atoms with Crippen LogP contribution in [-0.4, -0.2) is 39.8 Å². The number of anilines is 1. The lowest BCUT2D eigenvalue weighted by molar-refractivity contribution is 0.0697. The minimum absolute atomic E-state index is 0.0928. The fourth-order valence-corrected chi connectivity index (χ4v) is 1.65. The molecule has 0 aromatic carbocycles. The van der Waals surface area contributed by atoms with Gasteiger partial charge in [0.2, 0.25) is 5.95 Å². The third-order valence-electron chi connectivity index (χ3n) is 2.09. The molecular formula is C9H9ClN4O2. The summed E-state index contributed by atoms with van der Waals surface area (Å²) in [7, 11) is 3.61. The second-order valence-corrected chi connectivity index (χ2v) is 3.85. The Morgan fingerprint density at radius 1 is 1.44 bits per heavy atom. The van der Waals surface area contributed by atoms with Crippen LogP contribution >= 0.6 is 11.6 Å². The Morgan fingerprint density at radius 2 is 2.12 bits per heavy atom. The van der Waals surface area contributed by atoms with Crippen molar-refractivity contribution in [1.82, 2.24) is 14.6 Å². The monoisotopic (exact) mass is 240 g/mol. The van der Waals surface area contributed by atoms with Crippen LogP contribution in [0.25, 0.3) is 5.65 Å². The van der Waals surface area contributed by atoms with Crippen LogP contribution in [0.4, 0.5) is 5.95 Å². The van der Waals surface area contributed by atoms with Crippen LogP contribution in [0.1, 0.15) is 10.4 Å². The number of hydrogen-bond donors (Lipinski definition) is 1. The number of hydrogen-bond acceptors (Lipinski definition) is 4. The molecule has 0 aliphatic rings. The van der Waals surface area contributed by atoms with Gasteiger partial charge in [0.15, 0.2) is 5.65 Å². The van der Waals surface area contributed by atoms with Gasteiger partial charge in [-0.1, -0.05) is 11.6 Å². The molecule has 2 aromatic heterocycles. The van der Waals surface area contributed by atoms with Crippen molar-refractivity contribution < 1.29 is 9.90 Å². The first kappa shape index (κ1) is 10.7. The van der Waals surface area contributed by atoms with Crippen molar-refractivity contribution in [2.24, 2.45) is 0 Å². The lowest BCUT2D eigenvalue weighted by atomic mass is 10.3. The van der Waals surface area contributed by atoms with E-state index in [0.29, 0.717) is 11.6 Å². The summed E-state index contributed by atoms with van der Waals surface area (Å²) in [5, 5.41) is 16.9. The fraction of sp³-hybridized carbons (Fsp3) is 0.222. The van der Waals surface area contributed by atoms with Crippen molar-refractivity contribution in [2.75, 3.05) is 19.0 Å². The van der Waals surface area contributed by atoms with E-state index in [4.69, 9.17) is 16.7 Å². The van der Waals surface area contributed by atoms with E-state index >= 15 is 0 Å². The van der Waals surface area contributed by atoms with Gasteiger partial charge in [0.1, 0.15) is 5.15 Å². The Bertz CT molecular complexity index is 564. The molecule has 7 heteroatoms. The third-order valence-corrected chi connectivity index (χ3v) is 2.37. The number of aromatic carboxylic acids is 1. The number of nitrogens with zero attached hydrogens (tertiary/aromatic N) is 4. The summed E-state index contributed by atoms with van der Waals surface area (Å²) in [4.78, 5) is 12.6. The first-order valence-electron chi connectivity index (χ1n) is 4.46. The average Bonchev–Trinajstić information content (AvgIpc) is 2.61. The number of rotatable bonds is 2. The van der Waals surface area contributed by atoms with Crippen LogP contribution in [0.15, 0.2) is 12.1 Å². The van der Waals surface area contributed by atoms with Gasteiger partial charge in [0.25, 0.3) is 0 Å². The van der Waals surface area contributed by atoms with Gasteiger partial charge >= 0.3 is 5.97 Å². The molecule has 84 valence electrons. The van der Waals surface area contributed by atoms with Crippen LogP contribution < -0.4 is 4.90 Å². The number of carbonyl (C=O) groups is 1. The van der Waals surface area contributed by atoms with E-state index in [1.807, 2.05) is 0 Å². The molecule has 0 unspecified atom stereocenters. The summed E-state index contributed by atoms with van der Waals surface area (Å²) in [5.74, 6) is -0.490. The topological polar surface area (TPSA) is 70.7 Å². The van der Waals surface area contributed by atoms with Crippen molar-refractivity contribution in [3.05, 3.63) is 22.8 Å². The minimum atomic E-state index is -1.04. The summed E-state index contributed by atoms with van der Waals surface area (Å²) in [6, 6.07) is 2.79. The molecule has 0 radical (unpaired) electrons. The predicted molar refractivity (Wildman–Crippen MR) is 59.3 cm³/mol. The molecule has 0 spiro atoms. The van der Waals surface area contributed by atoms with Gasteiger partial charge in [-0.25, -0.2) is 4.79 Å². The van der Waals surface area contributed by atoms with E-state index in [0.717, 1.165) is 0 Å². The number of carboxylic acids is 1. The molecule has 2 heterocycles. The normalized spacial score (nSPS) is 10.7. The van der Waals surface area contributed by atoms with E-state index in [-0.39, 0.29) is 10.7 Å². The molecule has 0 saturated heterocycles. The Kier molecular flexibility index (Phi) is 2.43. The van der Waals surface area contributed by atoms with Crippen LogP contribution in [0.3, 0.4) is 0 Å². The Balaban J connectivity index is 2.73. The first-order chi connectivity index (χ1) is 7.50. The Morgan fingerprint density at radius 3 is 2.69 bits per heavy atom. The van der Waals surface area contributed by atoms with Gasteiger partial charge in [-0.05, 0) is 12.1 Å². The van der Waals surface area contributed by atoms with Crippen molar-refractivity contribution >= 4 is 29.2 Å². The molecule has 2 aromatic rings.